The van der Waals surface area contributed by atoms with Crippen LogP contribution in [0.15, 0.2) is 95.1 Å². The van der Waals surface area contributed by atoms with Crippen LogP contribution in [0.2, 0.25) is 0 Å². The first kappa shape index (κ1) is 25.4. The lowest BCUT2D eigenvalue weighted by molar-refractivity contribution is -0.123. The maximum atomic E-state index is 14.1. The SMILES string of the molecule is CCc1ccc(N2C(=O)[C@H]3[C@H](CC=C4[C@H](c5ccc(O)c6ccccc56)C5=C(C[C@H]43)C(=O)C(C)=CC5=O)C2=O)cc1. The summed E-state index contributed by atoms with van der Waals surface area (Å²) in [6.07, 6.45) is 4.92. The van der Waals surface area contributed by atoms with E-state index in [1.165, 1.54) is 11.0 Å². The Morgan fingerprint density at radius 2 is 1.61 bits per heavy atom. The highest BCUT2D eigenvalue weighted by Crippen LogP contribution is 2.56. The number of carbonyl (C=O) groups is 4. The van der Waals surface area contributed by atoms with E-state index in [9.17, 15) is 24.3 Å². The molecule has 7 rings (SSSR count). The van der Waals surface area contributed by atoms with Gasteiger partial charge in [-0.05, 0) is 72.9 Å². The molecule has 4 atom stereocenters. The minimum absolute atomic E-state index is 0.131. The van der Waals surface area contributed by atoms with E-state index < -0.39 is 23.7 Å². The summed E-state index contributed by atoms with van der Waals surface area (Å²) in [5, 5.41) is 12.0. The van der Waals surface area contributed by atoms with E-state index in [1.807, 2.05) is 60.7 Å². The standard InChI is InChI=1S/C35H29NO5/c1-3-19-8-10-20(11-9-19)36-34(40)25-13-12-24-26(31(25)35(36)41)17-27-32(29(38)16-18(2)33(27)39)30(24)23-14-15-28(37)22-7-5-4-6-21(22)23/h4-12,14-16,25-26,30-31,37H,3,13,17H2,1-2H3/t25-,26+,30-,31-/m0/s1. The van der Waals surface area contributed by atoms with Crippen LogP contribution in [0.5, 0.6) is 5.75 Å². The van der Waals surface area contributed by atoms with E-state index in [2.05, 4.69) is 6.92 Å². The fourth-order valence-corrected chi connectivity index (χ4v) is 7.43. The van der Waals surface area contributed by atoms with Gasteiger partial charge in [-0.15, -0.1) is 0 Å². The average Bonchev–Trinajstić information content (AvgIpc) is 3.25. The van der Waals surface area contributed by atoms with Crippen LogP contribution in [0.1, 0.15) is 43.7 Å². The highest BCUT2D eigenvalue weighted by atomic mass is 16.3. The molecular weight excluding hydrogens is 514 g/mol. The molecule has 6 heteroatoms. The molecule has 1 saturated heterocycles. The molecule has 0 aromatic heterocycles. The Morgan fingerprint density at radius 3 is 2.34 bits per heavy atom. The number of aromatic hydroxyl groups is 1. The van der Waals surface area contributed by atoms with Crippen LogP contribution in [0, 0.1) is 17.8 Å². The van der Waals surface area contributed by atoms with E-state index in [-0.39, 0.29) is 35.6 Å². The fourth-order valence-electron chi connectivity index (χ4n) is 7.43. The number of anilines is 1. The normalized spacial score (nSPS) is 25.7. The number of imide groups is 1. The van der Waals surface area contributed by atoms with Gasteiger partial charge in [0.2, 0.25) is 11.8 Å². The number of fused-ring (bicyclic) bond motifs is 4. The van der Waals surface area contributed by atoms with Crippen molar-refractivity contribution in [2.75, 3.05) is 4.90 Å². The third-order valence-electron chi connectivity index (χ3n) is 9.41. The zero-order valence-electron chi connectivity index (χ0n) is 22.9. The number of benzene rings is 3. The first-order chi connectivity index (χ1) is 19.8. The maximum Gasteiger partial charge on any atom is 0.238 e. The van der Waals surface area contributed by atoms with Crippen LogP contribution in [0.4, 0.5) is 5.69 Å². The van der Waals surface area contributed by atoms with Crippen LogP contribution in [-0.2, 0) is 25.6 Å². The Morgan fingerprint density at radius 1 is 0.878 bits per heavy atom. The van der Waals surface area contributed by atoms with Crippen LogP contribution in [0.25, 0.3) is 10.8 Å². The number of phenolic OH excluding ortho intramolecular Hbond substituents is 1. The lowest BCUT2D eigenvalue weighted by atomic mass is 9.59. The number of hydrogen-bond donors (Lipinski definition) is 1. The summed E-state index contributed by atoms with van der Waals surface area (Å²) in [6, 6.07) is 18.4. The van der Waals surface area contributed by atoms with Crippen molar-refractivity contribution in [3.63, 3.8) is 0 Å². The lowest BCUT2D eigenvalue weighted by Gasteiger charge is -2.42. The van der Waals surface area contributed by atoms with Crippen LogP contribution in [-0.4, -0.2) is 28.5 Å². The van der Waals surface area contributed by atoms with E-state index in [0.717, 1.165) is 28.5 Å². The number of amides is 2. The van der Waals surface area contributed by atoms with Crippen molar-refractivity contribution in [3.05, 3.63) is 106 Å². The first-order valence-corrected chi connectivity index (χ1v) is 14.2. The molecule has 0 unspecified atom stereocenters. The zero-order chi connectivity index (χ0) is 28.6. The zero-order valence-corrected chi connectivity index (χ0v) is 22.9. The average molecular weight is 544 g/mol. The van der Waals surface area contributed by atoms with Crippen molar-refractivity contribution >= 4 is 39.8 Å². The Hall–Kier alpha value is -4.58. The molecule has 204 valence electrons. The summed E-state index contributed by atoms with van der Waals surface area (Å²) in [5.41, 5.74) is 4.65. The highest BCUT2D eigenvalue weighted by molar-refractivity contribution is 6.25. The predicted molar refractivity (Wildman–Crippen MR) is 155 cm³/mol. The fraction of sp³-hybridized carbons (Fsp3) is 0.257. The van der Waals surface area contributed by atoms with Gasteiger partial charge in [0.15, 0.2) is 11.6 Å². The van der Waals surface area contributed by atoms with Gasteiger partial charge in [-0.25, -0.2) is 0 Å². The number of allylic oxidation sites excluding steroid dienone is 6. The van der Waals surface area contributed by atoms with Crippen LogP contribution < -0.4 is 4.90 Å². The summed E-state index contributed by atoms with van der Waals surface area (Å²) in [4.78, 5) is 56.3. The molecule has 1 fully saturated rings. The van der Waals surface area contributed by atoms with Crippen molar-refractivity contribution in [2.45, 2.75) is 39.0 Å². The second-order valence-electron chi connectivity index (χ2n) is 11.5. The molecule has 6 nitrogen and oxygen atoms in total. The molecule has 1 aliphatic heterocycles. The number of ketones is 2. The summed E-state index contributed by atoms with van der Waals surface area (Å²) in [5.74, 6) is -2.82. The Balaban J connectivity index is 1.39. The van der Waals surface area contributed by atoms with E-state index in [1.54, 1.807) is 13.0 Å². The predicted octanol–water partition coefficient (Wildman–Crippen LogP) is 5.74. The Bertz CT molecular complexity index is 1790. The second-order valence-corrected chi connectivity index (χ2v) is 11.5. The molecule has 2 amide bonds. The van der Waals surface area contributed by atoms with Gasteiger partial charge in [-0.2, -0.15) is 0 Å². The number of Topliss-reactive ketones (excluding diaryl/α,β-unsaturated/α-hetero) is 1. The van der Waals surface area contributed by atoms with Crippen molar-refractivity contribution in [1.29, 1.82) is 0 Å². The van der Waals surface area contributed by atoms with Gasteiger partial charge in [-0.1, -0.05) is 61.0 Å². The first-order valence-electron chi connectivity index (χ1n) is 14.2. The van der Waals surface area contributed by atoms with Crippen molar-refractivity contribution in [3.8, 4) is 5.75 Å². The number of nitrogens with zero attached hydrogens (tertiary/aromatic N) is 1. The second kappa shape index (κ2) is 9.23. The van der Waals surface area contributed by atoms with E-state index in [0.29, 0.717) is 34.2 Å². The van der Waals surface area contributed by atoms with Gasteiger partial charge in [0.25, 0.3) is 0 Å². The molecular formula is C35H29NO5. The van der Waals surface area contributed by atoms with Gasteiger partial charge in [0.05, 0.1) is 17.5 Å². The lowest BCUT2D eigenvalue weighted by Crippen LogP contribution is -2.39. The third-order valence-corrected chi connectivity index (χ3v) is 9.41. The summed E-state index contributed by atoms with van der Waals surface area (Å²) in [6.45, 7) is 3.70. The van der Waals surface area contributed by atoms with Gasteiger partial charge in [0, 0.05) is 28.0 Å². The molecule has 3 aromatic carbocycles. The number of aryl methyl sites for hydroxylation is 1. The highest BCUT2D eigenvalue weighted by Gasteiger charge is 2.56. The molecule has 1 N–H and O–H groups in total. The summed E-state index contributed by atoms with van der Waals surface area (Å²) in [7, 11) is 0. The molecule has 0 radical (unpaired) electrons. The molecule has 1 heterocycles. The molecule has 0 bridgehead atoms. The maximum absolute atomic E-state index is 14.1. The van der Waals surface area contributed by atoms with Gasteiger partial charge < -0.3 is 5.11 Å². The van der Waals surface area contributed by atoms with E-state index >= 15 is 0 Å². The van der Waals surface area contributed by atoms with Crippen LogP contribution in [0.3, 0.4) is 0 Å². The number of carbonyl (C=O) groups excluding carboxylic acids is 4. The molecule has 41 heavy (non-hydrogen) atoms. The molecule has 3 aromatic rings. The van der Waals surface area contributed by atoms with Gasteiger partial charge in [0.1, 0.15) is 5.75 Å². The largest absolute Gasteiger partial charge is 0.507 e. The monoisotopic (exact) mass is 543 g/mol. The smallest absolute Gasteiger partial charge is 0.238 e. The molecule has 4 aliphatic rings. The van der Waals surface area contributed by atoms with Crippen molar-refractivity contribution in [2.24, 2.45) is 17.8 Å². The van der Waals surface area contributed by atoms with Crippen molar-refractivity contribution < 1.29 is 24.3 Å². The minimum atomic E-state index is -0.623. The third kappa shape index (κ3) is 3.63. The minimum Gasteiger partial charge on any atom is -0.507 e. The molecule has 0 spiro atoms. The number of rotatable bonds is 3. The van der Waals surface area contributed by atoms with Crippen molar-refractivity contribution in [1.82, 2.24) is 0 Å². The Labute approximate surface area is 237 Å². The summed E-state index contributed by atoms with van der Waals surface area (Å²) < 4.78 is 0. The number of phenols is 1. The molecule has 3 aliphatic carbocycles. The topological polar surface area (TPSA) is 91.8 Å². The molecule has 0 saturated carbocycles. The van der Waals surface area contributed by atoms with E-state index in [4.69, 9.17) is 0 Å². The summed E-state index contributed by atoms with van der Waals surface area (Å²) >= 11 is 0. The Kier molecular flexibility index (Phi) is 5.72. The van der Waals surface area contributed by atoms with Gasteiger partial charge in [-0.3, -0.25) is 24.1 Å². The van der Waals surface area contributed by atoms with Gasteiger partial charge >= 0.3 is 0 Å². The quantitative estimate of drug-likeness (QED) is 0.258. The number of hydrogen-bond acceptors (Lipinski definition) is 5. The van der Waals surface area contributed by atoms with Crippen LogP contribution >= 0.6 is 0 Å².